The van der Waals surface area contributed by atoms with Crippen molar-refractivity contribution in [1.29, 1.82) is 0 Å². The number of nitro benzene ring substituents is 1. The van der Waals surface area contributed by atoms with Gasteiger partial charge < -0.3 is 9.80 Å². The van der Waals surface area contributed by atoms with E-state index in [1.165, 1.54) is 23.1 Å². The Hall–Kier alpha value is -2.15. The highest BCUT2D eigenvalue weighted by Gasteiger charge is 2.29. The first-order chi connectivity index (χ1) is 9.91. The van der Waals surface area contributed by atoms with Crippen molar-refractivity contribution in [2.45, 2.75) is 6.42 Å². The van der Waals surface area contributed by atoms with E-state index in [2.05, 4.69) is 0 Å². The minimum atomic E-state index is -0.679. The molecule has 1 aliphatic rings. The van der Waals surface area contributed by atoms with Crippen LogP contribution < -0.4 is 0 Å². The van der Waals surface area contributed by atoms with Crippen LogP contribution in [-0.4, -0.2) is 53.2 Å². The van der Waals surface area contributed by atoms with E-state index in [4.69, 9.17) is 11.6 Å². The van der Waals surface area contributed by atoms with Crippen LogP contribution in [-0.2, 0) is 4.79 Å². The second-order valence-electron chi connectivity index (χ2n) is 4.79. The van der Waals surface area contributed by atoms with Gasteiger partial charge in [0, 0.05) is 20.1 Å². The number of nitro groups is 1. The SMILES string of the molecule is CN1CCCN(C(=O)c2cccc(Cl)c2[N+](=O)[O-])CC1=O. The van der Waals surface area contributed by atoms with Gasteiger partial charge in [-0.15, -0.1) is 0 Å². The highest BCUT2D eigenvalue weighted by Crippen LogP contribution is 2.29. The zero-order valence-corrected chi connectivity index (χ0v) is 12.2. The number of carbonyl (C=O) groups excluding carboxylic acids is 2. The van der Waals surface area contributed by atoms with Crippen molar-refractivity contribution < 1.29 is 14.5 Å². The van der Waals surface area contributed by atoms with E-state index in [0.717, 1.165) is 0 Å². The molecule has 0 aromatic heterocycles. The van der Waals surface area contributed by atoms with E-state index in [1.807, 2.05) is 0 Å². The molecule has 0 aliphatic carbocycles. The summed E-state index contributed by atoms with van der Waals surface area (Å²) in [6.45, 7) is 0.845. The van der Waals surface area contributed by atoms with Gasteiger partial charge in [-0.05, 0) is 18.6 Å². The summed E-state index contributed by atoms with van der Waals surface area (Å²) in [6.07, 6.45) is 0.627. The van der Waals surface area contributed by atoms with Crippen LogP contribution in [0.2, 0.25) is 5.02 Å². The van der Waals surface area contributed by atoms with E-state index in [9.17, 15) is 19.7 Å². The third-order valence-corrected chi connectivity index (χ3v) is 3.67. The van der Waals surface area contributed by atoms with Gasteiger partial charge in [-0.2, -0.15) is 0 Å². The molecule has 2 rings (SSSR count). The first-order valence-corrected chi connectivity index (χ1v) is 6.75. The van der Waals surface area contributed by atoms with Crippen LogP contribution in [0.4, 0.5) is 5.69 Å². The Kier molecular flexibility index (Phi) is 4.42. The van der Waals surface area contributed by atoms with Crippen molar-refractivity contribution in [3.63, 3.8) is 0 Å². The number of hydrogen-bond donors (Lipinski definition) is 0. The molecule has 1 aliphatic heterocycles. The average Bonchev–Trinajstić information content (AvgIpc) is 2.59. The van der Waals surface area contributed by atoms with E-state index in [1.54, 1.807) is 11.9 Å². The topological polar surface area (TPSA) is 83.8 Å². The molecule has 1 heterocycles. The molecule has 8 heteroatoms. The molecule has 0 bridgehead atoms. The van der Waals surface area contributed by atoms with Gasteiger partial charge in [0.05, 0.1) is 4.92 Å². The lowest BCUT2D eigenvalue weighted by Gasteiger charge is -2.19. The minimum absolute atomic E-state index is 0.0843. The van der Waals surface area contributed by atoms with Gasteiger partial charge in [-0.3, -0.25) is 19.7 Å². The summed E-state index contributed by atoms with van der Waals surface area (Å²) >= 11 is 5.80. The number of amides is 2. The smallest absolute Gasteiger partial charge is 0.300 e. The molecule has 1 saturated heterocycles. The Balaban J connectivity index is 2.34. The standard InChI is InChI=1S/C13H14ClN3O4/c1-15-6-3-7-16(8-11(15)18)13(19)9-4-2-5-10(14)12(9)17(20)21/h2,4-5H,3,6-8H2,1H3. The quantitative estimate of drug-likeness (QED) is 0.613. The highest BCUT2D eigenvalue weighted by atomic mass is 35.5. The number of para-hydroxylation sites is 1. The van der Waals surface area contributed by atoms with Crippen LogP contribution in [0, 0.1) is 10.1 Å². The summed E-state index contributed by atoms with van der Waals surface area (Å²) in [7, 11) is 1.66. The van der Waals surface area contributed by atoms with Gasteiger partial charge in [0.25, 0.3) is 5.91 Å². The van der Waals surface area contributed by atoms with Gasteiger partial charge >= 0.3 is 5.69 Å². The Morgan fingerprint density at radius 2 is 2.10 bits per heavy atom. The Bertz CT molecular complexity index is 605. The average molecular weight is 312 g/mol. The fourth-order valence-electron chi connectivity index (χ4n) is 2.20. The van der Waals surface area contributed by atoms with E-state index in [-0.39, 0.29) is 23.0 Å². The summed E-state index contributed by atoms with van der Waals surface area (Å²) < 4.78 is 0. The van der Waals surface area contributed by atoms with Crippen molar-refractivity contribution in [2.24, 2.45) is 0 Å². The van der Waals surface area contributed by atoms with Crippen LogP contribution in [0.3, 0.4) is 0 Å². The number of nitrogens with zero attached hydrogens (tertiary/aromatic N) is 3. The third kappa shape index (κ3) is 3.13. The van der Waals surface area contributed by atoms with Crippen molar-refractivity contribution in [2.75, 3.05) is 26.7 Å². The zero-order valence-electron chi connectivity index (χ0n) is 11.4. The van der Waals surface area contributed by atoms with E-state index < -0.39 is 16.5 Å². The van der Waals surface area contributed by atoms with Crippen molar-refractivity contribution >= 4 is 29.1 Å². The molecule has 2 amide bonds. The Morgan fingerprint density at radius 3 is 2.76 bits per heavy atom. The summed E-state index contributed by atoms with van der Waals surface area (Å²) in [6, 6.07) is 4.19. The largest absolute Gasteiger partial charge is 0.344 e. The van der Waals surface area contributed by atoms with Crippen LogP contribution >= 0.6 is 11.6 Å². The molecule has 0 N–H and O–H groups in total. The molecule has 0 atom stereocenters. The molecule has 0 unspecified atom stereocenters. The molecule has 0 radical (unpaired) electrons. The van der Waals surface area contributed by atoms with Gasteiger partial charge in [-0.1, -0.05) is 17.7 Å². The van der Waals surface area contributed by atoms with Crippen molar-refractivity contribution in [3.8, 4) is 0 Å². The zero-order chi connectivity index (χ0) is 15.6. The lowest BCUT2D eigenvalue weighted by molar-refractivity contribution is -0.385. The summed E-state index contributed by atoms with van der Waals surface area (Å²) in [5, 5.41) is 11.0. The second kappa shape index (κ2) is 6.09. The molecule has 21 heavy (non-hydrogen) atoms. The third-order valence-electron chi connectivity index (χ3n) is 3.36. The maximum Gasteiger partial charge on any atom is 0.300 e. The van der Waals surface area contributed by atoms with Gasteiger partial charge in [-0.25, -0.2) is 0 Å². The normalized spacial score (nSPS) is 15.8. The number of hydrogen-bond acceptors (Lipinski definition) is 4. The van der Waals surface area contributed by atoms with E-state index in [0.29, 0.717) is 19.5 Å². The monoisotopic (exact) mass is 311 g/mol. The predicted octanol–water partition coefficient (Wildman–Crippen LogP) is 1.55. The molecule has 7 nitrogen and oxygen atoms in total. The fraction of sp³-hybridized carbons (Fsp3) is 0.385. The highest BCUT2D eigenvalue weighted by molar-refractivity contribution is 6.33. The number of halogens is 1. The van der Waals surface area contributed by atoms with Crippen molar-refractivity contribution in [3.05, 3.63) is 38.9 Å². The summed E-state index contributed by atoms with van der Waals surface area (Å²) in [5.41, 5.74) is -0.515. The van der Waals surface area contributed by atoms with Crippen LogP contribution in [0.15, 0.2) is 18.2 Å². The van der Waals surface area contributed by atoms with Crippen LogP contribution in [0.1, 0.15) is 16.8 Å². The van der Waals surface area contributed by atoms with Gasteiger partial charge in [0.15, 0.2) is 0 Å². The Labute approximate surface area is 126 Å². The molecule has 0 spiro atoms. The lowest BCUT2D eigenvalue weighted by atomic mass is 10.1. The fourth-order valence-corrected chi connectivity index (χ4v) is 2.45. The minimum Gasteiger partial charge on any atom is -0.344 e. The first-order valence-electron chi connectivity index (χ1n) is 6.38. The molecule has 1 aromatic rings. The summed E-state index contributed by atoms with van der Waals surface area (Å²) in [4.78, 5) is 37.6. The number of carbonyl (C=O) groups is 2. The number of rotatable bonds is 2. The molecule has 0 saturated carbocycles. The van der Waals surface area contributed by atoms with Crippen LogP contribution in [0.25, 0.3) is 0 Å². The second-order valence-corrected chi connectivity index (χ2v) is 5.20. The van der Waals surface area contributed by atoms with Gasteiger partial charge in [0.1, 0.15) is 17.1 Å². The van der Waals surface area contributed by atoms with Crippen molar-refractivity contribution in [1.82, 2.24) is 9.80 Å². The first kappa shape index (κ1) is 15.2. The molecular weight excluding hydrogens is 298 g/mol. The van der Waals surface area contributed by atoms with E-state index >= 15 is 0 Å². The predicted molar refractivity (Wildman–Crippen MR) is 76.3 cm³/mol. The molecule has 1 fully saturated rings. The number of likely N-dealkylation sites (N-methyl/N-ethyl adjacent to an activating group) is 1. The Morgan fingerprint density at radius 1 is 1.38 bits per heavy atom. The maximum atomic E-state index is 12.5. The van der Waals surface area contributed by atoms with Gasteiger partial charge in [0.2, 0.25) is 5.91 Å². The number of benzene rings is 1. The van der Waals surface area contributed by atoms with Crippen LogP contribution in [0.5, 0.6) is 0 Å². The molecular formula is C13H14ClN3O4. The molecule has 1 aromatic carbocycles. The lowest BCUT2D eigenvalue weighted by Crippen LogP contribution is -2.38. The molecule has 112 valence electrons. The maximum absolute atomic E-state index is 12.5. The summed E-state index contributed by atoms with van der Waals surface area (Å²) in [5.74, 6) is -0.738.